The van der Waals surface area contributed by atoms with Gasteiger partial charge in [-0.05, 0) is 163 Å². The van der Waals surface area contributed by atoms with Crippen LogP contribution in [0.15, 0.2) is 0 Å². The molecule has 0 amide bonds. The van der Waals surface area contributed by atoms with Crippen molar-refractivity contribution in [2.24, 2.45) is 11.8 Å². The lowest BCUT2D eigenvalue weighted by Crippen LogP contribution is -2.89. The van der Waals surface area contributed by atoms with Crippen LogP contribution in [0.5, 0.6) is 0 Å². The second-order valence-corrected chi connectivity index (χ2v) is 21.1. The van der Waals surface area contributed by atoms with Crippen LogP contribution in [0.2, 0.25) is 0 Å². The van der Waals surface area contributed by atoms with Crippen molar-refractivity contribution in [1.82, 2.24) is 0 Å². The van der Waals surface area contributed by atoms with Crippen LogP contribution < -0.4 is 0 Å². The van der Waals surface area contributed by atoms with E-state index in [1.165, 1.54) is 0 Å². The van der Waals surface area contributed by atoms with E-state index in [0.717, 1.165) is 38.5 Å². The van der Waals surface area contributed by atoms with Crippen molar-refractivity contribution in [3.05, 3.63) is 0 Å². The SMILES string of the molecule is CCOC(CCCCCC(C)C)(OCC)C(OCC)(OCC)C(OCC)(OCC)C(OCC)(OCC)C(OCC)(OCC)OC(OCC)(OCC)C(OCC)(OCC)C(OCC)(OCC)C(OCC)(OCC)C(CCCCCC(C)C)(OCC)OCC. The molecule has 0 aromatic carbocycles. The van der Waals surface area contributed by atoms with Gasteiger partial charge in [0.1, 0.15) is 0 Å². The molecule has 0 saturated heterocycles. The van der Waals surface area contributed by atoms with Crippen molar-refractivity contribution >= 4 is 0 Å². The van der Waals surface area contributed by atoms with E-state index in [9.17, 15) is 0 Å². The first-order valence-electron chi connectivity index (χ1n) is 34.2. The van der Waals surface area contributed by atoms with Crippen LogP contribution in [0.4, 0.5) is 0 Å². The summed E-state index contributed by atoms with van der Waals surface area (Å²) in [5.74, 6) is -24.0. The first-order chi connectivity index (χ1) is 41.8. The molecule has 21 heteroatoms. The summed E-state index contributed by atoms with van der Waals surface area (Å²) in [7, 11) is 0. The standard InChI is InChI=1S/C66H134O21/c1-25-67-57(68-26-2,53-49-45-47-51-55(21)22)59(71-29-5,72-30-6)61(75-33-9,76-34-10)63(79-37-13,80-38-14)65(83-41-17,84-42-18)87-66(85-43-19,86-44-20)64(81-39-15,82-40-16)62(77-35-11,78-36-12)60(73-31-7,74-32-8)58(69-27-3,70-28-4)54-50-46-48-52-56(23)24/h55-56H,25-54H2,1-24H3. The molecule has 0 aliphatic rings. The molecular formula is C66H134O21. The van der Waals surface area contributed by atoms with Crippen LogP contribution in [0, 0.1) is 11.8 Å². The molecule has 0 heterocycles. The van der Waals surface area contributed by atoms with Gasteiger partial charge in [-0.15, -0.1) is 0 Å². The third-order valence-corrected chi connectivity index (χ3v) is 14.4. The molecule has 0 N–H and O–H groups in total. The minimum atomic E-state index is -2.89. The molecule has 0 aromatic heterocycles. The van der Waals surface area contributed by atoms with Gasteiger partial charge in [-0.25, -0.2) is 0 Å². The number of ether oxygens (including phenoxy) is 21. The second-order valence-electron chi connectivity index (χ2n) is 21.1. The predicted molar refractivity (Wildman–Crippen MR) is 337 cm³/mol. The van der Waals surface area contributed by atoms with Crippen LogP contribution in [-0.2, 0) is 99.5 Å². The van der Waals surface area contributed by atoms with E-state index >= 15 is 0 Å². The van der Waals surface area contributed by atoms with Gasteiger partial charge in [-0.1, -0.05) is 66.2 Å². The summed E-state index contributed by atoms with van der Waals surface area (Å²) in [6.07, 6.45) is 7.19. The van der Waals surface area contributed by atoms with Gasteiger partial charge in [-0.3, -0.25) is 4.74 Å². The van der Waals surface area contributed by atoms with Crippen molar-refractivity contribution in [3.8, 4) is 0 Å². The van der Waals surface area contributed by atoms with Gasteiger partial charge in [0.15, 0.2) is 0 Å². The molecule has 0 saturated carbocycles. The lowest BCUT2D eigenvalue weighted by molar-refractivity contribution is -0.659. The monoisotopic (exact) mass is 1260 g/mol. The number of unbranched alkanes of at least 4 members (excludes halogenated alkanes) is 4. The zero-order valence-corrected chi connectivity index (χ0v) is 59.9. The van der Waals surface area contributed by atoms with E-state index in [1.807, 2.05) is 83.1 Å². The number of hydrogen-bond acceptors (Lipinski definition) is 21. The molecule has 0 rings (SSSR count). The van der Waals surface area contributed by atoms with Crippen molar-refractivity contribution in [3.63, 3.8) is 0 Å². The fraction of sp³-hybridized carbons (Fsp3) is 1.00. The largest absolute Gasteiger partial charge is 0.351 e. The number of hydrogen-bond donors (Lipinski definition) is 0. The summed E-state index contributed by atoms with van der Waals surface area (Å²) < 4.78 is 154. The fourth-order valence-electron chi connectivity index (χ4n) is 12.2. The van der Waals surface area contributed by atoms with Crippen molar-refractivity contribution < 1.29 is 99.5 Å². The Hall–Kier alpha value is -0.840. The average Bonchev–Trinajstić information content (AvgIpc) is 0.687. The van der Waals surface area contributed by atoms with E-state index in [0.29, 0.717) is 24.7 Å². The van der Waals surface area contributed by atoms with E-state index in [4.69, 9.17) is 99.5 Å². The maximum absolute atomic E-state index is 8.07. The summed E-state index contributed by atoms with van der Waals surface area (Å²) in [6.45, 7) is 44.1. The summed E-state index contributed by atoms with van der Waals surface area (Å²) in [5.41, 5.74) is 0. The number of rotatable bonds is 62. The molecule has 0 spiro atoms. The molecule has 0 fully saturated rings. The lowest BCUT2D eigenvalue weighted by atomic mass is 9.81. The first-order valence-corrected chi connectivity index (χ1v) is 34.2. The van der Waals surface area contributed by atoms with E-state index in [1.54, 1.807) is 55.4 Å². The van der Waals surface area contributed by atoms with Gasteiger partial charge in [0.2, 0.25) is 11.6 Å². The van der Waals surface area contributed by atoms with Gasteiger partial charge < -0.3 is 94.7 Å². The Bertz CT molecular complexity index is 1480. The third kappa shape index (κ3) is 19.2. The Morgan fingerprint density at radius 2 is 0.379 bits per heavy atom. The van der Waals surface area contributed by atoms with Crippen molar-refractivity contribution in [2.45, 2.75) is 289 Å². The van der Waals surface area contributed by atoms with Gasteiger partial charge in [0, 0.05) is 145 Å². The second kappa shape index (κ2) is 44.7. The zero-order valence-electron chi connectivity index (χ0n) is 59.9. The smallest absolute Gasteiger partial charge is 0.345 e. The normalized spacial score (nSPS) is 14.0. The highest BCUT2D eigenvalue weighted by molar-refractivity contribution is 5.16. The highest BCUT2D eigenvalue weighted by Crippen LogP contribution is 2.62. The van der Waals surface area contributed by atoms with Gasteiger partial charge in [-0.2, -0.15) is 0 Å². The van der Waals surface area contributed by atoms with E-state index in [2.05, 4.69) is 27.7 Å². The molecule has 21 nitrogen and oxygen atoms in total. The van der Waals surface area contributed by atoms with E-state index < -0.39 is 58.2 Å². The molecule has 0 aliphatic carbocycles. The molecule has 0 aliphatic heterocycles. The molecular weight excluding hydrogens is 1130 g/mol. The summed E-state index contributed by atoms with van der Waals surface area (Å²) in [4.78, 5) is 0. The Morgan fingerprint density at radius 3 is 0.563 bits per heavy atom. The Morgan fingerprint density at radius 1 is 0.195 bits per heavy atom. The lowest BCUT2D eigenvalue weighted by Gasteiger charge is -2.65. The maximum Gasteiger partial charge on any atom is 0.351 e. The summed E-state index contributed by atoms with van der Waals surface area (Å²) in [6, 6.07) is 0. The Kier molecular flexibility index (Phi) is 44.3. The molecule has 0 unspecified atom stereocenters. The molecule has 0 atom stereocenters. The van der Waals surface area contributed by atoms with Crippen LogP contribution >= 0.6 is 0 Å². The average molecular weight is 1260 g/mol. The Balaban J connectivity index is 11.1. The summed E-state index contributed by atoms with van der Waals surface area (Å²) in [5, 5.41) is 0. The van der Waals surface area contributed by atoms with Crippen LogP contribution in [0.25, 0.3) is 0 Å². The van der Waals surface area contributed by atoms with Gasteiger partial charge in [0.05, 0.1) is 0 Å². The van der Waals surface area contributed by atoms with Crippen LogP contribution in [-0.4, -0.2) is 190 Å². The molecule has 0 aromatic rings. The highest BCUT2D eigenvalue weighted by Gasteiger charge is 2.90. The topological polar surface area (TPSA) is 194 Å². The van der Waals surface area contributed by atoms with Crippen molar-refractivity contribution in [1.29, 1.82) is 0 Å². The Labute approximate surface area is 530 Å². The highest BCUT2D eigenvalue weighted by atomic mass is 17.0. The minimum absolute atomic E-state index is 0.0104. The molecule has 87 heavy (non-hydrogen) atoms. The quantitative estimate of drug-likeness (QED) is 0.0412. The minimum Gasteiger partial charge on any atom is -0.345 e. The van der Waals surface area contributed by atoms with Crippen molar-refractivity contribution in [2.75, 3.05) is 132 Å². The third-order valence-electron chi connectivity index (χ3n) is 14.4. The van der Waals surface area contributed by atoms with Gasteiger partial charge >= 0.3 is 23.5 Å². The predicted octanol–water partition coefficient (Wildman–Crippen LogP) is 13.8. The zero-order chi connectivity index (χ0) is 66.2. The van der Waals surface area contributed by atoms with E-state index in [-0.39, 0.29) is 145 Å². The maximum atomic E-state index is 8.07. The van der Waals surface area contributed by atoms with Crippen LogP contribution in [0.1, 0.15) is 230 Å². The molecule has 0 bridgehead atoms. The van der Waals surface area contributed by atoms with Crippen LogP contribution in [0.3, 0.4) is 0 Å². The first kappa shape index (κ1) is 86.2. The summed E-state index contributed by atoms with van der Waals surface area (Å²) >= 11 is 0. The molecule has 0 radical (unpaired) electrons. The fourth-order valence-corrected chi connectivity index (χ4v) is 12.2. The molecule has 524 valence electrons. The van der Waals surface area contributed by atoms with Gasteiger partial charge in [0.25, 0.3) is 23.1 Å².